The van der Waals surface area contributed by atoms with E-state index in [0.717, 1.165) is 0 Å². The average Bonchev–Trinajstić information content (AvgIpc) is 3.81. The largest absolute Gasteiger partial charge is 0.0754 e. The molecule has 2 atom stereocenters. The molecular weight excluding hydrogens is 697 g/mol. The predicted octanol–water partition coefficient (Wildman–Crippen LogP) is 15.5. The first-order chi connectivity index (χ1) is 28.8. The van der Waals surface area contributed by atoms with Crippen LogP contribution in [0.1, 0.15) is 22.6 Å². The fourth-order valence-corrected chi connectivity index (χ4v) is 11.1. The normalized spacial score (nSPS) is 16.9. The molecule has 13 rings (SSSR count). The first kappa shape index (κ1) is 31.9. The summed E-state index contributed by atoms with van der Waals surface area (Å²) in [7, 11) is 0. The van der Waals surface area contributed by atoms with E-state index in [2.05, 4.69) is 206 Å². The van der Waals surface area contributed by atoms with Crippen LogP contribution in [0.15, 0.2) is 212 Å². The van der Waals surface area contributed by atoms with Crippen LogP contribution < -0.4 is 0 Å². The lowest BCUT2D eigenvalue weighted by Gasteiger charge is -2.31. The monoisotopic (exact) mass is 732 g/mol. The van der Waals surface area contributed by atoms with Crippen LogP contribution in [0.3, 0.4) is 0 Å². The van der Waals surface area contributed by atoms with Gasteiger partial charge in [-0.15, -0.1) is 0 Å². The molecule has 9 aromatic carbocycles. The maximum Gasteiger partial charge on any atom is 0.0205 e. The molecule has 0 aliphatic heterocycles. The highest BCUT2D eigenvalue weighted by atomic mass is 14.4. The summed E-state index contributed by atoms with van der Waals surface area (Å²) in [6.45, 7) is 0. The third-order valence-electron chi connectivity index (χ3n) is 13.4. The molecule has 9 aromatic rings. The summed E-state index contributed by atoms with van der Waals surface area (Å²) in [5.41, 5.74) is 21.1. The van der Waals surface area contributed by atoms with Crippen LogP contribution in [0.5, 0.6) is 0 Å². The molecular formula is C58H36. The van der Waals surface area contributed by atoms with Crippen LogP contribution in [0, 0.1) is 5.92 Å². The lowest BCUT2D eigenvalue weighted by atomic mass is 9.72. The van der Waals surface area contributed by atoms with E-state index in [1.54, 1.807) is 0 Å². The number of rotatable bonds is 4. The standard InChI is InChI=1S/C58H36/c1-3-15-35(16-4-1)37-23-11-29-51-55(37)57(49-33-31-47-41-21-9-7-19-39(41)43-25-13-27-45(49)53(43)47)52-30-12-24-38(36-17-5-2-6-18-36)56(52)58(51)50-34-32-48-42-22-10-8-20-40(42)44-26-14-28-46(50)54(44)48/h1-34,47,53H. The van der Waals surface area contributed by atoms with Crippen LogP contribution in [-0.4, -0.2) is 0 Å². The maximum atomic E-state index is 2.50. The van der Waals surface area contributed by atoms with E-state index in [1.807, 2.05) is 0 Å². The van der Waals surface area contributed by atoms with Gasteiger partial charge in [0.05, 0.1) is 0 Å². The van der Waals surface area contributed by atoms with Crippen molar-refractivity contribution in [2.75, 3.05) is 0 Å². The summed E-state index contributed by atoms with van der Waals surface area (Å²) in [6, 6.07) is 65.8. The molecule has 0 spiro atoms. The third kappa shape index (κ3) is 4.30. The van der Waals surface area contributed by atoms with E-state index in [0.29, 0.717) is 5.92 Å². The second-order valence-electron chi connectivity index (χ2n) is 16.2. The highest BCUT2D eigenvalue weighted by Gasteiger charge is 2.41. The zero-order chi connectivity index (χ0) is 37.9. The zero-order valence-electron chi connectivity index (χ0n) is 31.8. The van der Waals surface area contributed by atoms with Gasteiger partial charge < -0.3 is 0 Å². The zero-order valence-corrected chi connectivity index (χ0v) is 31.8. The van der Waals surface area contributed by atoms with Crippen LogP contribution in [-0.2, 0) is 0 Å². The molecule has 0 nitrogen and oxygen atoms in total. The van der Waals surface area contributed by atoms with E-state index < -0.39 is 0 Å². The predicted molar refractivity (Wildman–Crippen MR) is 246 cm³/mol. The lowest BCUT2D eigenvalue weighted by Crippen LogP contribution is -2.14. The Kier molecular flexibility index (Phi) is 6.65. The van der Waals surface area contributed by atoms with Gasteiger partial charge in [-0.2, -0.15) is 0 Å². The van der Waals surface area contributed by atoms with Gasteiger partial charge in [-0.05, 0) is 121 Å². The van der Waals surface area contributed by atoms with E-state index in [4.69, 9.17) is 0 Å². The number of hydrogen-bond acceptors (Lipinski definition) is 0. The molecule has 0 aromatic heterocycles. The molecule has 0 saturated heterocycles. The van der Waals surface area contributed by atoms with Crippen molar-refractivity contribution in [2.24, 2.45) is 5.92 Å². The Morgan fingerprint density at radius 3 is 1.59 bits per heavy atom. The summed E-state index contributed by atoms with van der Waals surface area (Å²) in [5.74, 6) is 0.612. The molecule has 2 unspecified atom stereocenters. The number of allylic oxidation sites excluding steroid dienone is 8. The van der Waals surface area contributed by atoms with Crippen molar-refractivity contribution in [1.29, 1.82) is 0 Å². The quantitative estimate of drug-likeness (QED) is 0.158. The van der Waals surface area contributed by atoms with Crippen LogP contribution in [0.4, 0.5) is 0 Å². The Morgan fingerprint density at radius 2 is 0.879 bits per heavy atom. The SMILES string of the molecule is C1=CC2=C(c3c4cccc(-c5ccccc5)c4c(-c4ccc5c6c(cccc46)-c4ccccc4-5)c4cccc(-c5ccccc5)c34)C=CC3c4ccccc4C(=C1)C23. The van der Waals surface area contributed by atoms with Gasteiger partial charge in [-0.25, -0.2) is 0 Å². The third-order valence-corrected chi connectivity index (χ3v) is 13.4. The van der Waals surface area contributed by atoms with Crippen molar-refractivity contribution in [3.05, 3.63) is 229 Å². The number of benzene rings is 9. The molecule has 0 radical (unpaired) electrons. The second kappa shape index (κ2) is 12.1. The number of hydrogen-bond donors (Lipinski definition) is 0. The Bertz CT molecular complexity index is 3340. The van der Waals surface area contributed by atoms with Gasteiger partial charge in [0, 0.05) is 11.8 Å². The summed E-state index contributed by atoms with van der Waals surface area (Å²) in [4.78, 5) is 0. The van der Waals surface area contributed by atoms with Gasteiger partial charge in [-0.3, -0.25) is 0 Å². The average molecular weight is 733 g/mol. The first-order valence-corrected chi connectivity index (χ1v) is 20.5. The van der Waals surface area contributed by atoms with Gasteiger partial charge in [0.25, 0.3) is 0 Å². The maximum absolute atomic E-state index is 2.50. The molecule has 0 amide bonds. The second-order valence-corrected chi connectivity index (χ2v) is 16.2. The summed E-state index contributed by atoms with van der Waals surface area (Å²) in [6.07, 6.45) is 12.0. The van der Waals surface area contributed by atoms with Crippen molar-refractivity contribution in [3.63, 3.8) is 0 Å². The molecule has 268 valence electrons. The molecule has 58 heavy (non-hydrogen) atoms. The van der Waals surface area contributed by atoms with E-state index in [-0.39, 0.29) is 5.92 Å². The Balaban J connectivity index is 1.22. The van der Waals surface area contributed by atoms with Crippen molar-refractivity contribution in [2.45, 2.75) is 5.92 Å². The Labute approximate surface area is 338 Å². The van der Waals surface area contributed by atoms with Crippen LogP contribution >= 0.6 is 0 Å². The van der Waals surface area contributed by atoms with Crippen molar-refractivity contribution in [3.8, 4) is 55.6 Å². The fraction of sp³-hybridized carbons (Fsp3) is 0.0345. The Morgan fingerprint density at radius 1 is 0.345 bits per heavy atom. The highest BCUT2D eigenvalue weighted by molar-refractivity contribution is 6.29. The van der Waals surface area contributed by atoms with Crippen molar-refractivity contribution >= 4 is 43.5 Å². The molecule has 0 N–H and O–H groups in total. The van der Waals surface area contributed by atoms with Gasteiger partial charge in [0.2, 0.25) is 0 Å². The van der Waals surface area contributed by atoms with E-state index in [9.17, 15) is 0 Å². The van der Waals surface area contributed by atoms with E-state index >= 15 is 0 Å². The molecule has 4 aliphatic rings. The van der Waals surface area contributed by atoms with Gasteiger partial charge >= 0.3 is 0 Å². The van der Waals surface area contributed by atoms with Gasteiger partial charge in [-0.1, -0.05) is 206 Å². The molecule has 0 bridgehead atoms. The Hall–Kier alpha value is -7.28. The van der Waals surface area contributed by atoms with E-state index in [1.165, 1.54) is 121 Å². The topological polar surface area (TPSA) is 0 Å². The number of fused-ring (bicyclic) bond motifs is 8. The molecule has 0 heteroatoms. The van der Waals surface area contributed by atoms with Crippen molar-refractivity contribution in [1.82, 2.24) is 0 Å². The lowest BCUT2D eigenvalue weighted by molar-refractivity contribution is 0.725. The first-order valence-electron chi connectivity index (χ1n) is 20.5. The summed E-state index contributed by atoms with van der Waals surface area (Å²) < 4.78 is 0. The summed E-state index contributed by atoms with van der Waals surface area (Å²) >= 11 is 0. The molecule has 0 saturated carbocycles. The molecule has 0 fully saturated rings. The van der Waals surface area contributed by atoms with Gasteiger partial charge in [0.1, 0.15) is 0 Å². The minimum Gasteiger partial charge on any atom is -0.0754 e. The van der Waals surface area contributed by atoms with Crippen molar-refractivity contribution < 1.29 is 0 Å². The molecule has 0 heterocycles. The molecule has 4 aliphatic carbocycles. The fourth-order valence-electron chi connectivity index (χ4n) is 11.1. The smallest absolute Gasteiger partial charge is 0.0205 e. The highest BCUT2D eigenvalue weighted by Crippen LogP contribution is 2.58. The summed E-state index contributed by atoms with van der Waals surface area (Å²) in [5, 5.41) is 7.80. The minimum absolute atomic E-state index is 0.284. The minimum atomic E-state index is 0.284. The van der Waals surface area contributed by atoms with Crippen LogP contribution in [0.2, 0.25) is 0 Å². The van der Waals surface area contributed by atoms with Gasteiger partial charge in [0.15, 0.2) is 0 Å². The van der Waals surface area contributed by atoms with Crippen LogP contribution in [0.25, 0.3) is 99.1 Å².